The summed E-state index contributed by atoms with van der Waals surface area (Å²) in [5.41, 5.74) is -0.719. The molecule has 5 nitrogen and oxygen atoms in total. The molecular formula is C21H33NO4. The van der Waals surface area contributed by atoms with Crippen molar-refractivity contribution < 1.29 is 19.1 Å². The summed E-state index contributed by atoms with van der Waals surface area (Å²) in [6.45, 7) is 4.75. The molecule has 146 valence electrons. The lowest BCUT2D eigenvalue weighted by atomic mass is 9.67. The average Bonchev–Trinajstić information content (AvgIpc) is 3.20. The van der Waals surface area contributed by atoms with E-state index in [0.29, 0.717) is 18.4 Å². The number of amides is 2. The van der Waals surface area contributed by atoms with Gasteiger partial charge in [0.25, 0.3) is 0 Å². The number of hydrogen-bond donors (Lipinski definition) is 0. The van der Waals surface area contributed by atoms with Gasteiger partial charge in [-0.25, -0.2) is 9.69 Å². The second kappa shape index (κ2) is 6.50. The van der Waals surface area contributed by atoms with Gasteiger partial charge in [-0.1, -0.05) is 46.0 Å². The molecule has 4 aliphatic rings. The zero-order valence-electron chi connectivity index (χ0n) is 16.5. The summed E-state index contributed by atoms with van der Waals surface area (Å²) >= 11 is 0. The van der Waals surface area contributed by atoms with E-state index < -0.39 is 11.5 Å². The highest BCUT2D eigenvalue weighted by Crippen LogP contribution is 2.67. The van der Waals surface area contributed by atoms with Crippen LogP contribution in [0.5, 0.6) is 0 Å². The Morgan fingerprint density at radius 2 is 1.96 bits per heavy atom. The van der Waals surface area contributed by atoms with Gasteiger partial charge in [-0.3, -0.25) is 4.79 Å². The quantitative estimate of drug-likeness (QED) is 0.753. The van der Waals surface area contributed by atoms with Gasteiger partial charge >= 0.3 is 6.09 Å². The van der Waals surface area contributed by atoms with E-state index in [2.05, 4.69) is 13.8 Å². The van der Waals surface area contributed by atoms with Crippen molar-refractivity contribution in [2.75, 3.05) is 13.7 Å². The number of ether oxygens (including phenoxy) is 2. The van der Waals surface area contributed by atoms with Crippen LogP contribution in [0.25, 0.3) is 0 Å². The first-order chi connectivity index (χ1) is 12.4. The third-order valence-electron chi connectivity index (χ3n) is 8.28. The van der Waals surface area contributed by atoms with Crippen molar-refractivity contribution in [3.63, 3.8) is 0 Å². The van der Waals surface area contributed by atoms with Gasteiger partial charge in [0.2, 0.25) is 5.91 Å². The number of methoxy groups -OCH3 is 1. The molecule has 3 aliphatic carbocycles. The van der Waals surface area contributed by atoms with E-state index in [9.17, 15) is 9.59 Å². The van der Waals surface area contributed by atoms with Crippen LogP contribution in [-0.2, 0) is 14.3 Å². The largest absolute Gasteiger partial charge is 0.447 e. The first-order valence-electron chi connectivity index (χ1n) is 10.4. The lowest BCUT2D eigenvalue weighted by Crippen LogP contribution is -2.56. The van der Waals surface area contributed by atoms with Crippen LogP contribution in [0.3, 0.4) is 0 Å². The van der Waals surface area contributed by atoms with E-state index in [0.717, 1.165) is 25.7 Å². The minimum absolute atomic E-state index is 0.0299. The van der Waals surface area contributed by atoms with Crippen LogP contribution >= 0.6 is 0 Å². The number of rotatable bonds is 4. The number of nitrogens with zero attached hydrogens (tertiary/aromatic N) is 1. The Bertz CT molecular complexity index is 583. The molecule has 0 aromatic heterocycles. The van der Waals surface area contributed by atoms with E-state index in [1.165, 1.54) is 37.0 Å². The minimum Gasteiger partial charge on any atom is -0.447 e. The van der Waals surface area contributed by atoms with Gasteiger partial charge in [-0.2, -0.15) is 0 Å². The van der Waals surface area contributed by atoms with E-state index in [-0.39, 0.29) is 23.5 Å². The Hall–Kier alpha value is -1.10. The zero-order valence-corrected chi connectivity index (χ0v) is 16.5. The fraction of sp³-hybridized carbons (Fsp3) is 0.905. The molecule has 0 aromatic rings. The molecule has 3 saturated carbocycles. The van der Waals surface area contributed by atoms with Crippen molar-refractivity contribution >= 4 is 12.0 Å². The van der Waals surface area contributed by atoms with Crippen molar-refractivity contribution in [2.24, 2.45) is 22.7 Å². The van der Waals surface area contributed by atoms with Gasteiger partial charge < -0.3 is 9.47 Å². The molecule has 4 atom stereocenters. The van der Waals surface area contributed by atoms with Crippen LogP contribution in [0.2, 0.25) is 0 Å². The number of imide groups is 1. The lowest BCUT2D eigenvalue weighted by Gasteiger charge is -2.42. The maximum Gasteiger partial charge on any atom is 0.416 e. The van der Waals surface area contributed by atoms with Gasteiger partial charge in [0, 0.05) is 7.11 Å². The monoisotopic (exact) mass is 363 g/mol. The van der Waals surface area contributed by atoms with Crippen molar-refractivity contribution in [3.05, 3.63) is 0 Å². The van der Waals surface area contributed by atoms with Crippen molar-refractivity contribution in [2.45, 2.75) is 83.8 Å². The first kappa shape index (κ1) is 18.3. The number of carbonyl (C=O) groups is 2. The standard InChI is InChI=1S/C21H33NO4/c1-20(2)15-9-10-21(20,17(12-15)25-3)18(23)22-16(13-26-19(22)24)11-14-7-5-4-6-8-14/h14-17H,4-13H2,1-3H3/t15-,16-,17-,21+/m1/s1. The molecule has 5 heteroatoms. The zero-order chi connectivity index (χ0) is 18.5. The predicted octanol–water partition coefficient (Wildman–Crippen LogP) is 4.15. The molecule has 1 aliphatic heterocycles. The molecule has 0 radical (unpaired) electrons. The van der Waals surface area contributed by atoms with Crippen LogP contribution in [-0.4, -0.2) is 42.8 Å². The fourth-order valence-electron chi connectivity index (χ4n) is 6.62. The summed E-state index contributed by atoms with van der Waals surface area (Å²) in [5, 5.41) is 0. The molecule has 0 unspecified atom stereocenters. The molecule has 1 saturated heterocycles. The second-order valence-electron chi connectivity index (χ2n) is 9.53. The van der Waals surface area contributed by atoms with Crippen LogP contribution in [0.15, 0.2) is 0 Å². The maximum atomic E-state index is 13.8. The number of cyclic esters (lactones) is 1. The van der Waals surface area contributed by atoms with E-state index in [1.54, 1.807) is 7.11 Å². The smallest absolute Gasteiger partial charge is 0.416 e. The van der Waals surface area contributed by atoms with Gasteiger partial charge in [-0.05, 0) is 42.9 Å². The Balaban J connectivity index is 1.59. The Labute approximate surface area is 156 Å². The molecule has 0 spiro atoms. The Kier molecular flexibility index (Phi) is 4.57. The van der Waals surface area contributed by atoms with Crippen molar-refractivity contribution in [3.8, 4) is 0 Å². The summed E-state index contributed by atoms with van der Waals surface area (Å²) in [6, 6.07) is -0.0968. The van der Waals surface area contributed by atoms with Gasteiger partial charge in [-0.15, -0.1) is 0 Å². The van der Waals surface area contributed by atoms with E-state index in [4.69, 9.17) is 9.47 Å². The first-order valence-corrected chi connectivity index (χ1v) is 10.4. The molecule has 1 heterocycles. The number of fused-ring (bicyclic) bond motifs is 2. The minimum atomic E-state index is -0.583. The number of hydrogen-bond acceptors (Lipinski definition) is 4. The Morgan fingerprint density at radius 1 is 1.23 bits per heavy atom. The van der Waals surface area contributed by atoms with Crippen LogP contribution < -0.4 is 0 Å². The number of carbonyl (C=O) groups excluding carboxylic acids is 2. The SMILES string of the molecule is CO[C@@H]1C[C@H]2CC[C@]1(C(=O)N1C(=O)OC[C@H]1CC1CCCCC1)C2(C)C. The summed E-state index contributed by atoms with van der Waals surface area (Å²) in [5.74, 6) is 1.08. The molecule has 0 aromatic carbocycles. The molecule has 4 rings (SSSR count). The summed E-state index contributed by atoms with van der Waals surface area (Å²) in [4.78, 5) is 27.9. The fourth-order valence-corrected chi connectivity index (χ4v) is 6.62. The van der Waals surface area contributed by atoms with Gasteiger partial charge in [0.1, 0.15) is 6.61 Å². The highest BCUT2D eigenvalue weighted by atomic mass is 16.6. The average molecular weight is 363 g/mol. The molecule has 0 N–H and O–H groups in total. The van der Waals surface area contributed by atoms with Gasteiger partial charge in [0.15, 0.2) is 0 Å². The highest BCUT2D eigenvalue weighted by molar-refractivity contribution is 5.98. The second-order valence-corrected chi connectivity index (χ2v) is 9.53. The third kappa shape index (κ3) is 2.45. The molecule has 26 heavy (non-hydrogen) atoms. The third-order valence-corrected chi connectivity index (χ3v) is 8.28. The van der Waals surface area contributed by atoms with Crippen molar-refractivity contribution in [1.82, 2.24) is 4.90 Å². The maximum absolute atomic E-state index is 13.8. The topological polar surface area (TPSA) is 55.8 Å². The van der Waals surface area contributed by atoms with Gasteiger partial charge in [0.05, 0.1) is 17.6 Å². The summed E-state index contributed by atoms with van der Waals surface area (Å²) in [7, 11) is 1.71. The highest BCUT2D eigenvalue weighted by Gasteiger charge is 2.70. The summed E-state index contributed by atoms with van der Waals surface area (Å²) in [6.07, 6.45) is 9.44. The normalized spacial score (nSPS) is 39.4. The van der Waals surface area contributed by atoms with Crippen LogP contribution in [0, 0.1) is 22.7 Å². The molecule has 2 bridgehead atoms. The predicted molar refractivity (Wildman–Crippen MR) is 97.5 cm³/mol. The molecule has 2 amide bonds. The summed E-state index contributed by atoms with van der Waals surface area (Å²) < 4.78 is 11.2. The van der Waals surface area contributed by atoms with Crippen molar-refractivity contribution in [1.29, 1.82) is 0 Å². The van der Waals surface area contributed by atoms with Crippen LogP contribution in [0.1, 0.15) is 71.6 Å². The van der Waals surface area contributed by atoms with E-state index >= 15 is 0 Å². The molecular weight excluding hydrogens is 330 g/mol. The van der Waals surface area contributed by atoms with Crippen LogP contribution in [0.4, 0.5) is 4.79 Å². The Morgan fingerprint density at radius 3 is 2.62 bits per heavy atom. The molecule has 4 fully saturated rings. The lowest BCUT2D eigenvalue weighted by molar-refractivity contribution is -0.154. The van der Waals surface area contributed by atoms with E-state index in [1.807, 2.05) is 0 Å².